The van der Waals surface area contributed by atoms with Crippen LogP contribution in [0.4, 0.5) is 10.2 Å². The normalized spacial score (nSPS) is 15.5. The van der Waals surface area contributed by atoms with E-state index >= 15 is 0 Å². The Kier molecular flexibility index (Phi) is 4.83. The lowest BCUT2D eigenvalue weighted by atomic mass is 9.89. The maximum Gasteiger partial charge on any atom is 0.224 e. The van der Waals surface area contributed by atoms with Gasteiger partial charge in [-0.15, -0.1) is 0 Å². The molecule has 1 aromatic carbocycles. The average molecular weight is 301 g/mol. The molecular weight excluding hydrogens is 281 g/mol. The van der Waals surface area contributed by atoms with E-state index in [0.717, 1.165) is 18.3 Å². The number of benzene rings is 1. The molecule has 0 bridgehead atoms. The molecule has 2 aromatic rings. The molecule has 0 radical (unpaired) electrons. The Morgan fingerprint density at radius 2 is 1.86 bits per heavy atom. The Morgan fingerprint density at radius 3 is 2.64 bits per heavy atom. The van der Waals surface area contributed by atoms with Crippen molar-refractivity contribution in [2.75, 3.05) is 11.9 Å². The summed E-state index contributed by atoms with van der Waals surface area (Å²) >= 11 is 0. The summed E-state index contributed by atoms with van der Waals surface area (Å²) in [5, 5.41) is 3.36. The third-order valence-electron chi connectivity index (χ3n) is 3.97. The SMILES string of the molecule is Fc1ccc(Oc2cc(NCC3CCCCC3)ncn2)cc1. The Bertz CT molecular complexity index is 597. The second-order valence-corrected chi connectivity index (χ2v) is 5.68. The van der Waals surface area contributed by atoms with Crippen molar-refractivity contribution in [1.29, 1.82) is 0 Å². The lowest BCUT2D eigenvalue weighted by Crippen LogP contribution is -2.17. The van der Waals surface area contributed by atoms with Crippen LogP contribution in [-0.2, 0) is 0 Å². The van der Waals surface area contributed by atoms with E-state index in [1.54, 1.807) is 18.2 Å². The third-order valence-corrected chi connectivity index (χ3v) is 3.97. The predicted octanol–water partition coefficient (Wildman–Crippen LogP) is 4.40. The Balaban J connectivity index is 1.58. The van der Waals surface area contributed by atoms with Crippen molar-refractivity contribution in [3.63, 3.8) is 0 Å². The third kappa shape index (κ3) is 4.16. The molecule has 1 N–H and O–H groups in total. The molecular formula is C17H20FN3O. The zero-order valence-electron chi connectivity index (χ0n) is 12.5. The van der Waals surface area contributed by atoms with Crippen LogP contribution in [-0.4, -0.2) is 16.5 Å². The Morgan fingerprint density at radius 1 is 1.09 bits per heavy atom. The number of ether oxygens (including phenoxy) is 1. The topological polar surface area (TPSA) is 47.0 Å². The van der Waals surface area contributed by atoms with Crippen LogP contribution in [0.1, 0.15) is 32.1 Å². The number of halogens is 1. The summed E-state index contributed by atoms with van der Waals surface area (Å²) in [7, 11) is 0. The zero-order chi connectivity index (χ0) is 15.2. The van der Waals surface area contributed by atoms with Gasteiger partial charge in [-0.2, -0.15) is 0 Å². The number of anilines is 1. The minimum atomic E-state index is -0.287. The lowest BCUT2D eigenvalue weighted by molar-refractivity contribution is 0.373. The molecule has 0 aliphatic heterocycles. The number of hydrogen-bond acceptors (Lipinski definition) is 4. The second-order valence-electron chi connectivity index (χ2n) is 5.68. The van der Waals surface area contributed by atoms with E-state index in [1.807, 2.05) is 0 Å². The van der Waals surface area contributed by atoms with Crippen molar-refractivity contribution in [1.82, 2.24) is 9.97 Å². The molecule has 5 heteroatoms. The van der Waals surface area contributed by atoms with Gasteiger partial charge in [-0.1, -0.05) is 19.3 Å². The molecule has 22 heavy (non-hydrogen) atoms. The first-order chi connectivity index (χ1) is 10.8. The van der Waals surface area contributed by atoms with Gasteiger partial charge in [0.25, 0.3) is 0 Å². The summed E-state index contributed by atoms with van der Waals surface area (Å²) < 4.78 is 18.5. The molecule has 1 aromatic heterocycles. The number of nitrogens with one attached hydrogen (secondary N) is 1. The Hall–Kier alpha value is -2.17. The summed E-state index contributed by atoms with van der Waals surface area (Å²) in [5.74, 6) is 2.21. The van der Waals surface area contributed by atoms with Gasteiger partial charge in [0.2, 0.25) is 5.88 Å². The predicted molar refractivity (Wildman–Crippen MR) is 83.6 cm³/mol. The van der Waals surface area contributed by atoms with Gasteiger partial charge in [0.05, 0.1) is 0 Å². The highest BCUT2D eigenvalue weighted by Gasteiger charge is 2.13. The molecule has 0 saturated heterocycles. The van der Waals surface area contributed by atoms with Crippen molar-refractivity contribution in [2.24, 2.45) is 5.92 Å². The number of aromatic nitrogens is 2. The monoisotopic (exact) mass is 301 g/mol. The molecule has 0 spiro atoms. The van der Waals surface area contributed by atoms with Gasteiger partial charge in [0.1, 0.15) is 23.7 Å². The van der Waals surface area contributed by atoms with Gasteiger partial charge in [-0.25, -0.2) is 14.4 Å². The quantitative estimate of drug-likeness (QED) is 0.889. The largest absolute Gasteiger partial charge is 0.439 e. The van der Waals surface area contributed by atoms with Crippen LogP contribution < -0.4 is 10.1 Å². The Labute approximate surface area is 129 Å². The van der Waals surface area contributed by atoms with Crippen LogP contribution in [0.15, 0.2) is 36.7 Å². The van der Waals surface area contributed by atoms with E-state index < -0.39 is 0 Å². The van der Waals surface area contributed by atoms with Crippen molar-refractivity contribution < 1.29 is 9.13 Å². The van der Waals surface area contributed by atoms with E-state index in [-0.39, 0.29) is 5.82 Å². The number of rotatable bonds is 5. The molecule has 0 unspecified atom stereocenters. The van der Waals surface area contributed by atoms with Gasteiger partial charge in [0, 0.05) is 12.6 Å². The van der Waals surface area contributed by atoms with E-state index in [0.29, 0.717) is 11.6 Å². The molecule has 0 atom stereocenters. The maximum absolute atomic E-state index is 12.9. The van der Waals surface area contributed by atoms with Gasteiger partial charge in [0.15, 0.2) is 0 Å². The first-order valence-electron chi connectivity index (χ1n) is 7.79. The van der Waals surface area contributed by atoms with Gasteiger partial charge in [-0.05, 0) is 43.0 Å². The van der Waals surface area contributed by atoms with E-state index in [1.165, 1.54) is 50.6 Å². The minimum absolute atomic E-state index is 0.287. The van der Waals surface area contributed by atoms with Crippen molar-refractivity contribution in [3.8, 4) is 11.6 Å². The van der Waals surface area contributed by atoms with Gasteiger partial charge in [-0.3, -0.25) is 0 Å². The highest BCUT2D eigenvalue weighted by Crippen LogP contribution is 2.25. The number of nitrogens with zero attached hydrogens (tertiary/aromatic N) is 2. The van der Waals surface area contributed by atoms with Crippen molar-refractivity contribution >= 4 is 5.82 Å². The second kappa shape index (κ2) is 7.20. The van der Waals surface area contributed by atoms with E-state index in [2.05, 4.69) is 15.3 Å². The maximum atomic E-state index is 12.9. The zero-order valence-corrected chi connectivity index (χ0v) is 12.5. The van der Waals surface area contributed by atoms with Gasteiger partial charge >= 0.3 is 0 Å². The molecule has 1 aliphatic carbocycles. The van der Waals surface area contributed by atoms with E-state index in [9.17, 15) is 4.39 Å². The lowest BCUT2D eigenvalue weighted by Gasteiger charge is -2.21. The van der Waals surface area contributed by atoms with Crippen molar-refractivity contribution in [2.45, 2.75) is 32.1 Å². The summed E-state index contributed by atoms with van der Waals surface area (Å²) in [6.07, 6.45) is 8.07. The fourth-order valence-electron chi connectivity index (χ4n) is 2.76. The molecule has 1 heterocycles. The van der Waals surface area contributed by atoms with Crippen LogP contribution >= 0.6 is 0 Å². The molecule has 4 nitrogen and oxygen atoms in total. The average Bonchev–Trinajstić information content (AvgIpc) is 2.57. The molecule has 1 aliphatic rings. The van der Waals surface area contributed by atoms with Crippen LogP contribution in [0, 0.1) is 11.7 Å². The summed E-state index contributed by atoms with van der Waals surface area (Å²) in [6.45, 7) is 0.938. The molecule has 1 fully saturated rings. The van der Waals surface area contributed by atoms with E-state index in [4.69, 9.17) is 4.74 Å². The number of hydrogen-bond donors (Lipinski definition) is 1. The summed E-state index contributed by atoms with van der Waals surface area (Å²) in [4.78, 5) is 8.30. The van der Waals surface area contributed by atoms with Crippen LogP contribution in [0.3, 0.4) is 0 Å². The highest BCUT2D eigenvalue weighted by molar-refractivity contribution is 5.38. The molecule has 1 saturated carbocycles. The molecule has 0 amide bonds. The first kappa shape index (κ1) is 14.8. The van der Waals surface area contributed by atoms with Crippen LogP contribution in [0.25, 0.3) is 0 Å². The first-order valence-corrected chi connectivity index (χ1v) is 7.79. The van der Waals surface area contributed by atoms with Gasteiger partial charge < -0.3 is 10.1 Å². The van der Waals surface area contributed by atoms with Crippen LogP contribution in [0.5, 0.6) is 11.6 Å². The minimum Gasteiger partial charge on any atom is -0.439 e. The fourth-order valence-corrected chi connectivity index (χ4v) is 2.76. The smallest absolute Gasteiger partial charge is 0.224 e. The summed E-state index contributed by atoms with van der Waals surface area (Å²) in [5.41, 5.74) is 0. The van der Waals surface area contributed by atoms with Crippen molar-refractivity contribution in [3.05, 3.63) is 42.5 Å². The van der Waals surface area contributed by atoms with Crippen LogP contribution in [0.2, 0.25) is 0 Å². The standard InChI is InChI=1S/C17H20FN3O/c18-14-6-8-15(9-7-14)22-17-10-16(20-12-21-17)19-11-13-4-2-1-3-5-13/h6-10,12-13H,1-5,11H2,(H,19,20,21). The summed E-state index contributed by atoms with van der Waals surface area (Å²) in [6, 6.07) is 7.64. The molecule has 116 valence electrons. The highest BCUT2D eigenvalue weighted by atomic mass is 19.1. The molecule has 3 rings (SSSR count). The fraction of sp³-hybridized carbons (Fsp3) is 0.412.